The maximum absolute atomic E-state index is 12.9. The molecule has 1 aromatic heterocycles. The number of nitrogens with zero attached hydrogens (tertiary/aromatic N) is 2. The summed E-state index contributed by atoms with van der Waals surface area (Å²) in [7, 11) is 3.29. The van der Waals surface area contributed by atoms with Gasteiger partial charge in [0.2, 0.25) is 0 Å². The average molecular weight is 376 g/mol. The van der Waals surface area contributed by atoms with Gasteiger partial charge < -0.3 is 14.4 Å². The third-order valence-electron chi connectivity index (χ3n) is 5.40. The molecule has 0 saturated carbocycles. The number of hydrogen-bond donors (Lipinski definition) is 0. The summed E-state index contributed by atoms with van der Waals surface area (Å²) in [6.07, 6.45) is 3.70. The number of methoxy groups -OCH3 is 2. The first-order chi connectivity index (χ1) is 13.7. The van der Waals surface area contributed by atoms with Crippen molar-refractivity contribution in [2.75, 3.05) is 27.3 Å². The van der Waals surface area contributed by atoms with E-state index < -0.39 is 0 Å². The number of hydrogen-bond acceptors (Lipinski definition) is 4. The molecule has 1 fully saturated rings. The predicted molar refractivity (Wildman–Crippen MR) is 109 cm³/mol. The Hall–Kier alpha value is -3.08. The smallest absolute Gasteiger partial charge is 0.253 e. The highest BCUT2D eigenvalue weighted by atomic mass is 16.5. The number of ether oxygens (including phenoxy) is 2. The molecular formula is C23H24N2O3. The van der Waals surface area contributed by atoms with Crippen molar-refractivity contribution in [2.24, 2.45) is 5.92 Å². The van der Waals surface area contributed by atoms with Crippen LogP contribution in [0.5, 0.6) is 11.5 Å². The number of fused-ring (bicyclic) bond motifs is 1. The highest BCUT2D eigenvalue weighted by molar-refractivity contribution is 5.98. The van der Waals surface area contributed by atoms with Crippen molar-refractivity contribution in [1.82, 2.24) is 9.88 Å². The molecule has 0 spiro atoms. The van der Waals surface area contributed by atoms with Crippen LogP contribution < -0.4 is 9.47 Å². The van der Waals surface area contributed by atoms with E-state index in [2.05, 4.69) is 11.1 Å². The molecule has 1 amide bonds. The standard InChI is InChI=1S/C23H24N2O3/c1-27-21-8-5-16(13-22(21)28-2)12-17-9-11-25(15-17)23(26)19-6-7-20-18(14-19)4-3-10-24-20/h3-8,10,13-14,17H,9,11-12,15H2,1-2H3. The van der Waals surface area contributed by atoms with Crippen LogP contribution in [0, 0.1) is 5.92 Å². The minimum absolute atomic E-state index is 0.0977. The molecule has 3 aromatic rings. The van der Waals surface area contributed by atoms with Gasteiger partial charge in [-0.05, 0) is 60.7 Å². The van der Waals surface area contributed by atoms with Crippen molar-refractivity contribution in [1.29, 1.82) is 0 Å². The lowest BCUT2D eigenvalue weighted by Gasteiger charge is -2.17. The Kier molecular flexibility index (Phi) is 5.15. The zero-order valence-electron chi connectivity index (χ0n) is 16.2. The normalized spacial score (nSPS) is 16.4. The Morgan fingerprint density at radius 1 is 1.11 bits per heavy atom. The highest BCUT2D eigenvalue weighted by Gasteiger charge is 2.27. The molecule has 1 aliphatic rings. The number of aromatic nitrogens is 1. The van der Waals surface area contributed by atoms with Crippen LogP contribution in [0.4, 0.5) is 0 Å². The lowest BCUT2D eigenvalue weighted by atomic mass is 9.98. The number of likely N-dealkylation sites (tertiary alicyclic amines) is 1. The van der Waals surface area contributed by atoms with Crippen LogP contribution in [0.1, 0.15) is 22.3 Å². The number of amides is 1. The summed E-state index contributed by atoms with van der Waals surface area (Å²) in [5, 5.41) is 0.995. The van der Waals surface area contributed by atoms with Crippen LogP contribution in [0.25, 0.3) is 10.9 Å². The van der Waals surface area contributed by atoms with Crippen molar-refractivity contribution >= 4 is 16.8 Å². The highest BCUT2D eigenvalue weighted by Crippen LogP contribution is 2.30. The van der Waals surface area contributed by atoms with Crippen LogP contribution >= 0.6 is 0 Å². The summed E-state index contributed by atoms with van der Waals surface area (Å²) in [6, 6.07) is 15.6. The summed E-state index contributed by atoms with van der Waals surface area (Å²) in [6.45, 7) is 1.57. The Balaban J connectivity index is 1.44. The molecule has 0 N–H and O–H groups in total. The van der Waals surface area contributed by atoms with Gasteiger partial charge in [0.15, 0.2) is 11.5 Å². The molecule has 144 valence electrons. The van der Waals surface area contributed by atoms with Gasteiger partial charge in [0.25, 0.3) is 5.91 Å². The van der Waals surface area contributed by atoms with E-state index in [1.54, 1.807) is 20.4 Å². The number of benzene rings is 2. The largest absolute Gasteiger partial charge is 0.493 e. The lowest BCUT2D eigenvalue weighted by Crippen LogP contribution is -2.28. The number of carbonyl (C=O) groups is 1. The molecule has 5 heteroatoms. The van der Waals surface area contributed by atoms with Crippen LogP contribution in [0.15, 0.2) is 54.7 Å². The van der Waals surface area contributed by atoms with E-state index in [9.17, 15) is 4.79 Å². The van der Waals surface area contributed by atoms with Gasteiger partial charge in [0.05, 0.1) is 19.7 Å². The lowest BCUT2D eigenvalue weighted by molar-refractivity contribution is 0.0787. The van der Waals surface area contributed by atoms with Gasteiger partial charge in [-0.3, -0.25) is 9.78 Å². The Morgan fingerprint density at radius 2 is 1.96 bits per heavy atom. The Morgan fingerprint density at radius 3 is 2.79 bits per heavy atom. The second-order valence-electron chi connectivity index (χ2n) is 7.21. The molecule has 0 aliphatic carbocycles. The molecule has 0 radical (unpaired) electrons. The zero-order chi connectivity index (χ0) is 19.5. The molecule has 4 rings (SSSR count). The van der Waals surface area contributed by atoms with Crippen molar-refractivity contribution in [3.8, 4) is 11.5 Å². The van der Waals surface area contributed by atoms with Crippen molar-refractivity contribution < 1.29 is 14.3 Å². The van der Waals surface area contributed by atoms with Gasteiger partial charge in [-0.15, -0.1) is 0 Å². The minimum atomic E-state index is 0.0977. The van der Waals surface area contributed by atoms with E-state index >= 15 is 0 Å². The van der Waals surface area contributed by atoms with Crippen LogP contribution in [-0.4, -0.2) is 43.1 Å². The molecule has 1 saturated heterocycles. The molecule has 1 unspecified atom stereocenters. The number of rotatable bonds is 5. The molecule has 1 aliphatic heterocycles. The third-order valence-corrected chi connectivity index (χ3v) is 5.40. The maximum Gasteiger partial charge on any atom is 0.253 e. The summed E-state index contributed by atoms with van der Waals surface area (Å²) >= 11 is 0. The molecular weight excluding hydrogens is 352 g/mol. The van der Waals surface area contributed by atoms with Gasteiger partial charge in [0.1, 0.15) is 0 Å². The van der Waals surface area contributed by atoms with Crippen LogP contribution in [0.2, 0.25) is 0 Å². The second kappa shape index (κ2) is 7.89. The van der Waals surface area contributed by atoms with Crippen molar-refractivity contribution in [2.45, 2.75) is 12.8 Å². The summed E-state index contributed by atoms with van der Waals surface area (Å²) in [5.74, 6) is 2.03. The van der Waals surface area contributed by atoms with E-state index in [0.29, 0.717) is 5.92 Å². The fraction of sp³-hybridized carbons (Fsp3) is 0.304. The molecule has 0 bridgehead atoms. The molecule has 2 aromatic carbocycles. The average Bonchev–Trinajstić information content (AvgIpc) is 3.21. The zero-order valence-corrected chi connectivity index (χ0v) is 16.2. The Bertz CT molecular complexity index is 1000. The maximum atomic E-state index is 12.9. The van der Waals surface area contributed by atoms with E-state index in [0.717, 1.165) is 53.9 Å². The minimum Gasteiger partial charge on any atom is -0.493 e. The molecule has 28 heavy (non-hydrogen) atoms. The van der Waals surface area contributed by atoms with Gasteiger partial charge in [-0.25, -0.2) is 0 Å². The SMILES string of the molecule is COc1ccc(CC2CCN(C(=O)c3ccc4ncccc4c3)C2)cc1OC. The van der Waals surface area contributed by atoms with E-state index in [1.807, 2.05) is 47.4 Å². The van der Waals surface area contributed by atoms with Gasteiger partial charge >= 0.3 is 0 Å². The monoisotopic (exact) mass is 376 g/mol. The van der Waals surface area contributed by atoms with Crippen molar-refractivity contribution in [3.63, 3.8) is 0 Å². The molecule has 2 heterocycles. The topological polar surface area (TPSA) is 51.7 Å². The summed E-state index contributed by atoms with van der Waals surface area (Å²) < 4.78 is 10.7. The predicted octanol–water partition coefficient (Wildman–Crippen LogP) is 3.96. The van der Waals surface area contributed by atoms with Gasteiger partial charge in [-0.1, -0.05) is 12.1 Å². The quantitative estimate of drug-likeness (QED) is 0.676. The number of carbonyl (C=O) groups excluding carboxylic acids is 1. The van der Waals surface area contributed by atoms with Crippen LogP contribution in [-0.2, 0) is 6.42 Å². The van der Waals surface area contributed by atoms with Crippen LogP contribution in [0.3, 0.4) is 0 Å². The van der Waals surface area contributed by atoms with E-state index in [-0.39, 0.29) is 5.91 Å². The first-order valence-electron chi connectivity index (χ1n) is 9.53. The molecule has 5 nitrogen and oxygen atoms in total. The molecule has 1 atom stereocenters. The second-order valence-corrected chi connectivity index (χ2v) is 7.21. The Labute approximate surface area is 164 Å². The van der Waals surface area contributed by atoms with Crippen molar-refractivity contribution in [3.05, 3.63) is 65.9 Å². The number of pyridine rings is 1. The van der Waals surface area contributed by atoms with Gasteiger partial charge in [0, 0.05) is 30.2 Å². The summed E-state index contributed by atoms with van der Waals surface area (Å²) in [4.78, 5) is 19.2. The third kappa shape index (κ3) is 3.65. The van der Waals surface area contributed by atoms with E-state index in [4.69, 9.17) is 9.47 Å². The fourth-order valence-electron chi connectivity index (χ4n) is 3.92. The first-order valence-corrected chi connectivity index (χ1v) is 9.53. The fourth-order valence-corrected chi connectivity index (χ4v) is 3.92. The van der Waals surface area contributed by atoms with E-state index in [1.165, 1.54) is 5.56 Å². The first kappa shape index (κ1) is 18.3. The summed E-state index contributed by atoms with van der Waals surface area (Å²) in [5.41, 5.74) is 2.84. The van der Waals surface area contributed by atoms with Gasteiger partial charge in [-0.2, -0.15) is 0 Å².